The Kier molecular flexibility index (Phi) is 7.71. The summed E-state index contributed by atoms with van der Waals surface area (Å²) in [6.45, 7) is 1.64. The number of nitrogens with one attached hydrogen (secondary N) is 1. The van der Waals surface area contributed by atoms with E-state index in [4.69, 9.17) is 14.2 Å². The van der Waals surface area contributed by atoms with Crippen molar-refractivity contribution in [2.24, 2.45) is 0 Å². The van der Waals surface area contributed by atoms with E-state index in [2.05, 4.69) is 29.6 Å². The fraction of sp³-hybridized carbons (Fsp3) is 0.478. The van der Waals surface area contributed by atoms with Crippen LogP contribution in [0.4, 0.5) is 0 Å². The molecule has 28 heavy (non-hydrogen) atoms. The van der Waals surface area contributed by atoms with Gasteiger partial charge in [-0.15, -0.1) is 0 Å². The average molecular weight is 386 g/mol. The van der Waals surface area contributed by atoms with Crippen LogP contribution in [-0.4, -0.2) is 45.1 Å². The Morgan fingerprint density at radius 2 is 1.93 bits per heavy atom. The number of aliphatic hydroxyl groups is 1. The Hall–Kier alpha value is -2.08. The zero-order chi connectivity index (χ0) is 19.8. The summed E-state index contributed by atoms with van der Waals surface area (Å²) in [6, 6.07) is 14.4. The number of aryl methyl sites for hydroxylation is 1. The molecule has 1 aliphatic carbocycles. The van der Waals surface area contributed by atoms with Crippen LogP contribution >= 0.6 is 0 Å². The Morgan fingerprint density at radius 3 is 2.75 bits per heavy atom. The van der Waals surface area contributed by atoms with Crippen LogP contribution in [0.1, 0.15) is 35.6 Å². The molecular formula is C23H31NO4. The van der Waals surface area contributed by atoms with Gasteiger partial charge in [0.2, 0.25) is 0 Å². The molecule has 0 spiro atoms. The minimum absolute atomic E-state index is 0.103. The Labute approximate surface area is 167 Å². The Balaban J connectivity index is 1.38. The molecule has 0 saturated carbocycles. The molecule has 5 nitrogen and oxygen atoms in total. The summed E-state index contributed by atoms with van der Waals surface area (Å²) >= 11 is 0. The Bertz CT molecular complexity index is 749. The van der Waals surface area contributed by atoms with Crippen molar-refractivity contribution in [1.82, 2.24) is 5.32 Å². The van der Waals surface area contributed by atoms with Crippen LogP contribution < -0.4 is 14.8 Å². The SMILES string of the molecule is COc1ccc(CCNC[C@@H](O)CO[C@@H]2CCCc3ccccc32)cc1OC. The van der Waals surface area contributed by atoms with Crippen LogP contribution in [0, 0.1) is 0 Å². The molecule has 0 fully saturated rings. The molecule has 0 unspecified atom stereocenters. The third-order valence-corrected chi connectivity index (χ3v) is 5.22. The molecule has 3 rings (SSSR count). The first-order chi connectivity index (χ1) is 13.7. The standard InChI is InChI=1S/C23H31NO4/c1-26-22-11-10-17(14-23(22)27-2)12-13-24-15-19(25)16-28-21-9-5-7-18-6-3-4-8-20(18)21/h3-4,6,8,10-11,14,19,21,24-25H,5,7,9,12-13,15-16H2,1-2H3/t19-,21-/m1/s1. The number of aliphatic hydroxyl groups excluding tert-OH is 1. The van der Waals surface area contributed by atoms with Crippen molar-refractivity contribution >= 4 is 0 Å². The Morgan fingerprint density at radius 1 is 1.11 bits per heavy atom. The number of hydrogen-bond acceptors (Lipinski definition) is 5. The molecule has 5 heteroatoms. The van der Waals surface area contributed by atoms with E-state index in [1.54, 1.807) is 14.2 Å². The largest absolute Gasteiger partial charge is 0.493 e. The van der Waals surface area contributed by atoms with E-state index in [0.29, 0.717) is 13.2 Å². The van der Waals surface area contributed by atoms with Crippen LogP contribution in [0.3, 0.4) is 0 Å². The summed E-state index contributed by atoms with van der Waals surface area (Å²) in [5.41, 5.74) is 3.82. The maximum Gasteiger partial charge on any atom is 0.160 e. The van der Waals surface area contributed by atoms with Gasteiger partial charge in [-0.3, -0.25) is 0 Å². The molecule has 1 aliphatic rings. The lowest BCUT2D eigenvalue weighted by molar-refractivity contribution is -0.0166. The minimum Gasteiger partial charge on any atom is -0.493 e. The second-order valence-electron chi connectivity index (χ2n) is 7.21. The molecule has 0 aromatic heterocycles. The van der Waals surface area contributed by atoms with Crippen LogP contribution in [0.5, 0.6) is 11.5 Å². The van der Waals surface area contributed by atoms with Crippen LogP contribution in [-0.2, 0) is 17.6 Å². The molecule has 152 valence electrons. The third kappa shape index (κ3) is 5.47. The van der Waals surface area contributed by atoms with Gasteiger partial charge in [-0.2, -0.15) is 0 Å². The second kappa shape index (κ2) is 10.5. The average Bonchev–Trinajstić information content (AvgIpc) is 2.75. The molecular weight excluding hydrogens is 354 g/mol. The minimum atomic E-state index is -0.514. The number of rotatable bonds is 10. The highest BCUT2D eigenvalue weighted by molar-refractivity contribution is 5.42. The highest BCUT2D eigenvalue weighted by Crippen LogP contribution is 2.32. The van der Waals surface area contributed by atoms with Gasteiger partial charge in [-0.05, 0) is 61.1 Å². The summed E-state index contributed by atoms with van der Waals surface area (Å²) in [5, 5.41) is 13.6. The summed E-state index contributed by atoms with van der Waals surface area (Å²) < 4.78 is 16.6. The quantitative estimate of drug-likeness (QED) is 0.615. The summed E-state index contributed by atoms with van der Waals surface area (Å²) in [5.74, 6) is 1.47. The predicted octanol–water partition coefficient (Wildman–Crippen LogP) is 3.29. The van der Waals surface area contributed by atoms with Gasteiger partial charge in [0.25, 0.3) is 0 Å². The molecule has 0 saturated heterocycles. The molecule has 2 N–H and O–H groups in total. The summed E-state index contributed by atoms with van der Waals surface area (Å²) in [6.07, 6.45) is 3.73. The van der Waals surface area contributed by atoms with Gasteiger partial charge in [-0.25, -0.2) is 0 Å². The highest BCUT2D eigenvalue weighted by atomic mass is 16.5. The topological polar surface area (TPSA) is 60.0 Å². The molecule has 0 heterocycles. The lowest BCUT2D eigenvalue weighted by Crippen LogP contribution is -2.32. The van der Waals surface area contributed by atoms with Crippen molar-refractivity contribution in [3.8, 4) is 11.5 Å². The van der Waals surface area contributed by atoms with E-state index >= 15 is 0 Å². The lowest BCUT2D eigenvalue weighted by atomic mass is 9.89. The monoisotopic (exact) mass is 385 g/mol. The number of benzene rings is 2. The van der Waals surface area contributed by atoms with E-state index in [9.17, 15) is 5.11 Å². The predicted molar refractivity (Wildman–Crippen MR) is 110 cm³/mol. The fourth-order valence-electron chi connectivity index (χ4n) is 3.71. The number of methoxy groups -OCH3 is 2. The number of ether oxygens (including phenoxy) is 3. The zero-order valence-corrected chi connectivity index (χ0v) is 16.8. The van der Waals surface area contributed by atoms with Crippen molar-refractivity contribution in [2.75, 3.05) is 33.9 Å². The fourth-order valence-corrected chi connectivity index (χ4v) is 3.71. The van der Waals surface area contributed by atoms with Gasteiger partial charge < -0.3 is 24.6 Å². The van der Waals surface area contributed by atoms with Crippen LogP contribution in [0.2, 0.25) is 0 Å². The molecule has 0 aliphatic heterocycles. The molecule has 2 atom stereocenters. The van der Waals surface area contributed by atoms with Crippen molar-refractivity contribution in [3.63, 3.8) is 0 Å². The van der Waals surface area contributed by atoms with Gasteiger partial charge in [0.05, 0.1) is 33.0 Å². The maximum atomic E-state index is 10.3. The molecule has 2 aromatic carbocycles. The molecule has 0 bridgehead atoms. The van der Waals surface area contributed by atoms with E-state index in [0.717, 1.165) is 49.3 Å². The highest BCUT2D eigenvalue weighted by Gasteiger charge is 2.21. The van der Waals surface area contributed by atoms with Crippen LogP contribution in [0.25, 0.3) is 0 Å². The van der Waals surface area contributed by atoms with E-state index in [-0.39, 0.29) is 6.10 Å². The van der Waals surface area contributed by atoms with Gasteiger partial charge in [0, 0.05) is 6.54 Å². The van der Waals surface area contributed by atoms with E-state index in [1.165, 1.54) is 11.1 Å². The first-order valence-corrected chi connectivity index (χ1v) is 10.0. The third-order valence-electron chi connectivity index (χ3n) is 5.22. The zero-order valence-electron chi connectivity index (χ0n) is 16.8. The van der Waals surface area contributed by atoms with Gasteiger partial charge in [0.1, 0.15) is 0 Å². The van der Waals surface area contributed by atoms with Crippen molar-refractivity contribution in [2.45, 2.75) is 37.9 Å². The summed E-state index contributed by atoms with van der Waals surface area (Å²) in [7, 11) is 3.27. The van der Waals surface area contributed by atoms with E-state index < -0.39 is 6.10 Å². The first-order valence-electron chi connectivity index (χ1n) is 10.0. The van der Waals surface area contributed by atoms with Gasteiger partial charge in [0.15, 0.2) is 11.5 Å². The van der Waals surface area contributed by atoms with Crippen molar-refractivity contribution in [3.05, 3.63) is 59.2 Å². The summed E-state index contributed by atoms with van der Waals surface area (Å²) in [4.78, 5) is 0. The first kappa shape index (κ1) is 20.6. The molecule has 0 amide bonds. The van der Waals surface area contributed by atoms with E-state index in [1.807, 2.05) is 18.2 Å². The van der Waals surface area contributed by atoms with Gasteiger partial charge >= 0.3 is 0 Å². The van der Waals surface area contributed by atoms with Crippen molar-refractivity contribution < 1.29 is 19.3 Å². The lowest BCUT2D eigenvalue weighted by Gasteiger charge is -2.26. The van der Waals surface area contributed by atoms with Gasteiger partial charge in [-0.1, -0.05) is 30.3 Å². The van der Waals surface area contributed by atoms with Crippen molar-refractivity contribution in [1.29, 1.82) is 0 Å². The molecule has 0 radical (unpaired) electrons. The normalized spacial score (nSPS) is 17.0. The maximum absolute atomic E-state index is 10.3. The smallest absolute Gasteiger partial charge is 0.160 e. The van der Waals surface area contributed by atoms with Crippen LogP contribution in [0.15, 0.2) is 42.5 Å². The molecule has 2 aromatic rings. The number of fused-ring (bicyclic) bond motifs is 1. The number of hydrogen-bond donors (Lipinski definition) is 2. The second-order valence-corrected chi connectivity index (χ2v) is 7.21.